The summed E-state index contributed by atoms with van der Waals surface area (Å²) >= 11 is 1.34. The summed E-state index contributed by atoms with van der Waals surface area (Å²) in [6, 6.07) is 14.2. The van der Waals surface area contributed by atoms with E-state index in [4.69, 9.17) is 9.31 Å². The Balaban J connectivity index is 1.52. The molecule has 2 N–H and O–H groups in total. The lowest BCUT2D eigenvalue weighted by Crippen LogP contribution is -2.15. The molecule has 1 heterocycles. The van der Waals surface area contributed by atoms with E-state index in [0.29, 0.717) is 30.6 Å². The van der Waals surface area contributed by atoms with Gasteiger partial charge in [0, 0.05) is 29.5 Å². The van der Waals surface area contributed by atoms with Gasteiger partial charge in [-0.25, -0.2) is 0 Å². The maximum Gasteiger partial charge on any atom is 0.316 e. The number of thioether (sulfide) groups is 1. The zero-order chi connectivity index (χ0) is 22.9. The first-order chi connectivity index (χ1) is 15.4. The van der Waals surface area contributed by atoms with Gasteiger partial charge < -0.3 is 19.2 Å². The van der Waals surface area contributed by atoms with E-state index in [1.807, 2.05) is 37.3 Å². The molecule has 2 aromatic carbocycles. The predicted molar refractivity (Wildman–Crippen MR) is 121 cm³/mol. The van der Waals surface area contributed by atoms with Gasteiger partial charge in [0.2, 0.25) is 5.89 Å². The molecule has 12 heteroatoms. The van der Waals surface area contributed by atoms with Crippen molar-refractivity contribution in [2.75, 3.05) is 13.2 Å². The van der Waals surface area contributed by atoms with E-state index in [0.717, 1.165) is 16.7 Å². The molecule has 0 aliphatic heterocycles. The lowest BCUT2D eigenvalue weighted by molar-refractivity contribution is -0.384. The summed E-state index contributed by atoms with van der Waals surface area (Å²) in [5.74, 6) is 0.398. The maximum atomic E-state index is 11.0. The first-order valence-corrected chi connectivity index (χ1v) is 12.0. The molecule has 0 radical (unpaired) electrons. The summed E-state index contributed by atoms with van der Waals surface area (Å²) < 4.78 is 20.8. The van der Waals surface area contributed by atoms with Crippen LogP contribution in [-0.2, 0) is 15.6 Å². The van der Waals surface area contributed by atoms with Gasteiger partial charge in [-0.3, -0.25) is 14.7 Å². The molecule has 1 aromatic heterocycles. The third kappa shape index (κ3) is 7.25. The zero-order valence-electron chi connectivity index (χ0n) is 17.3. The second-order valence-electron chi connectivity index (χ2n) is 6.83. The summed E-state index contributed by atoms with van der Waals surface area (Å²) in [5.41, 5.74) is 2.71. The minimum Gasteiger partial charge on any atom is -0.411 e. The quantitative estimate of drug-likeness (QED) is 0.127. The van der Waals surface area contributed by atoms with Crippen molar-refractivity contribution >= 4 is 25.7 Å². The normalized spacial score (nSPS) is 13.1. The average Bonchev–Trinajstić information content (AvgIpc) is 3.25. The second-order valence-corrected chi connectivity index (χ2v) is 8.94. The van der Waals surface area contributed by atoms with Crippen LogP contribution in [0.1, 0.15) is 29.7 Å². The van der Waals surface area contributed by atoms with Crippen molar-refractivity contribution in [3.8, 4) is 11.5 Å². The fourth-order valence-electron chi connectivity index (χ4n) is 2.84. The number of rotatable bonds is 12. The van der Waals surface area contributed by atoms with Gasteiger partial charge in [-0.05, 0) is 43.1 Å². The van der Waals surface area contributed by atoms with E-state index in [-0.39, 0.29) is 17.5 Å². The van der Waals surface area contributed by atoms with Crippen LogP contribution < -0.4 is 5.32 Å². The van der Waals surface area contributed by atoms with E-state index in [1.165, 1.54) is 17.8 Å². The van der Waals surface area contributed by atoms with Crippen molar-refractivity contribution in [3.63, 3.8) is 0 Å². The van der Waals surface area contributed by atoms with Crippen molar-refractivity contribution in [1.82, 2.24) is 15.5 Å². The fourth-order valence-corrected chi connectivity index (χ4v) is 3.96. The molecule has 0 amide bonds. The van der Waals surface area contributed by atoms with Crippen LogP contribution in [0.15, 0.2) is 58.2 Å². The second kappa shape index (κ2) is 11.9. The average molecular weight is 478 g/mol. The molecule has 2 atom stereocenters. The Morgan fingerprint density at radius 3 is 2.78 bits per heavy atom. The van der Waals surface area contributed by atoms with Gasteiger partial charge in [0.15, 0.2) is 0 Å². The number of aromatic nitrogens is 2. The third-order valence-electron chi connectivity index (χ3n) is 4.49. The largest absolute Gasteiger partial charge is 0.411 e. The topological polar surface area (TPSA) is 141 Å². The summed E-state index contributed by atoms with van der Waals surface area (Å²) in [5, 5.41) is 22.7. The Morgan fingerprint density at radius 2 is 2.06 bits per heavy atom. The van der Waals surface area contributed by atoms with Gasteiger partial charge >= 0.3 is 8.25 Å². The fraction of sp³-hybridized carbons (Fsp3) is 0.300. The Morgan fingerprint density at radius 1 is 1.28 bits per heavy atom. The molecule has 0 spiro atoms. The van der Waals surface area contributed by atoms with Gasteiger partial charge in [0.1, 0.15) is 0 Å². The molecule has 10 nitrogen and oxygen atoms in total. The number of benzene rings is 2. The van der Waals surface area contributed by atoms with Crippen molar-refractivity contribution in [3.05, 3.63) is 69.8 Å². The van der Waals surface area contributed by atoms with Crippen LogP contribution in [0.5, 0.6) is 0 Å². The number of hydrogen-bond acceptors (Lipinski definition) is 9. The summed E-state index contributed by atoms with van der Waals surface area (Å²) in [4.78, 5) is 19.2. The van der Waals surface area contributed by atoms with Gasteiger partial charge in [-0.2, -0.15) is 0 Å². The predicted octanol–water partition coefficient (Wildman–Crippen LogP) is 4.38. The van der Waals surface area contributed by atoms with Crippen molar-refractivity contribution in [2.24, 2.45) is 0 Å². The molecule has 0 bridgehead atoms. The first-order valence-electron chi connectivity index (χ1n) is 9.82. The van der Waals surface area contributed by atoms with Crippen LogP contribution in [0, 0.1) is 10.1 Å². The first kappa shape index (κ1) is 24.1. The van der Waals surface area contributed by atoms with E-state index < -0.39 is 13.2 Å². The van der Waals surface area contributed by atoms with Gasteiger partial charge in [0.25, 0.3) is 10.9 Å². The van der Waals surface area contributed by atoms with E-state index in [9.17, 15) is 14.7 Å². The van der Waals surface area contributed by atoms with Crippen LogP contribution >= 0.6 is 20.0 Å². The number of nitro groups is 1. The molecule has 2 unspecified atom stereocenters. The van der Waals surface area contributed by atoms with Crippen LogP contribution in [-0.4, -0.2) is 33.2 Å². The minimum atomic E-state index is -2.85. The van der Waals surface area contributed by atoms with Crippen LogP contribution in [0.3, 0.4) is 0 Å². The van der Waals surface area contributed by atoms with Crippen molar-refractivity contribution in [2.45, 2.75) is 30.4 Å². The number of nitrogens with zero attached hydrogens (tertiary/aromatic N) is 3. The number of nitro benzene ring substituents is 1. The monoisotopic (exact) mass is 478 g/mol. The Kier molecular flexibility index (Phi) is 8.95. The zero-order valence-corrected chi connectivity index (χ0v) is 19.1. The maximum absolute atomic E-state index is 11.0. The molecule has 0 saturated heterocycles. The smallest absolute Gasteiger partial charge is 0.316 e. The molecule has 32 heavy (non-hydrogen) atoms. The summed E-state index contributed by atoms with van der Waals surface area (Å²) in [6.45, 7) is 3.49. The minimum absolute atomic E-state index is 0.0477. The lowest BCUT2D eigenvalue weighted by Gasteiger charge is -2.08. The Hall–Kier alpha value is -2.56. The molecule has 0 saturated carbocycles. The highest BCUT2D eigenvalue weighted by atomic mass is 32.2. The van der Waals surface area contributed by atoms with Gasteiger partial charge in [-0.1, -0.05) is 36.0 Å². The van der Waals surface area contributed by atoms with Crippen molar-refractivity contribution in [1.29, 1.82) is 0 Å². The number of non-ortho nitro benzene ring substituents is 1. The van der Waals surface area contributed by atoms with Gasteiger partial charge in [-0.15, -0.1) is 10.2 Å². The number of nitrogens with one attached hydrogen (secondary N) is 1. The lowest BCUT2D eigenvalue weighted by atomic mass is 10.1. The Labute approximate surface area is 189 Å². The highest BCUT2D eigenvalue weighted by Crippen LogP contribution is 2.36. The van der Waals surface area contributed by atoms with Crippen LogP contribution in [0.4, 0.5) is 5.69 Å². The van der Waals surface area contributed by atoms with Gasteiger partial charge in [0.05, 0.1) is 11.5 Å². The molecule has 3 aromatic rings. The van der Waals surface area contributed by atoms with Crippen LogP contribution in [0.25, 0.3) is 11.5 Å². The van der Waals surface area contributed by atoms with E-state index in [1.54, 1.807) is 12.1 Å². The van der Waals surface area contributed by atoms with Crippen LogP contribution in [0.2, 0.25) is 0 Å². The highest BCUT2D eigenvalue weighted by molar-refractivity contribution is 7.99. The van der Waals surface area contributed by atoms with Crippen molar-refractivity contribution < 1.29 is 23.3 Å². The summed E-state index contributed by atoms with van der Waals surface area (Å²) in [6.07, 6.45) is 0.645. The number of hydrogen-bond donors (Lipinski definition) is 2. The molecule has 170 valence electrons. The molecule has 0 aliphatic rings. The molecule has 0 aliphatic carbocycles. The standard InChI is InChI=1S/C20H23N4O6PS/c1-14(17-4-2-5-18(12-17)24(25)26)32-20-23-22-19(30-20)16-8-6-15(7-9-16)13-21-10-3-11-29-31(27)28/h2,4-9,12,14,21,31H,3,10-11,13H2,1H3,(H,27,28). The third-order valence-corrected chi connectivity index (χ3v) is 5.93. The molecule has 0 fully saturated rings. The highest BCUT2D eigenvalue weighted by Gasteiger charge is 2.16. The summed E-state index contributed by atoms with van der Waals surface area (Å²) in [7, 11) is -2.85. The molecular formula is C20H23N4O6PS. The molecule has 3 rings (SSSR count). The van der Waals surface area contributed by atoms with E-state index in [2.05, 4.69) is 20.0 Å². The molecular weight excluding hydrogens is 455 g/mol. The van der Waals surface area contributed by atoms with E-state index >= 15 is 0 Å². The SMILES string of the molecule is CC(Sc1nnc(-c2ccc(CNCCCO[PH](=O)O)cc2)o1)c1cccc([N+](=O)[O-])c1. The Bertz CT molecular complexity index is 1060.